The maximum Gasteiger partial charge on any atom is 0.307 e. The summed E-state index contributed by atoms with van der Waals surface area (Å²) >= 11 is 6.26. The van der Waals surface area contributed by atoms with E-state index in [2.05, 4.69) is 20.2 Å². The summed E-state index contributed by atoms with van der Waals surface area (Å²) < 4.78 is 24.5. The van der Waals surface area contributed by atoms with Gasteiger partial charge < -0.3 is 19.7 Å². The van der Waals surface area contributed by atoms with E-state index in [1.54, 1.807) is 0 Å². The number of halogens is 2. The number of fused-ring (bicyclic) bond motifs is 2. The molecule has 11 heteroatoms. The average molecular weight is 396 g/mol. The van der Waals surface area contributed by atoms with E-state index < -0.39 is 16.4 Å². The number of nitro benzene ring substituents is 1. The van der Waals surface area contributed by atoms with Crippen LogP contribution in [-0.2, 0) is 4.74 Å². The molecule has 1 N–H and O–H groups in total. The summed E-state index contributed by atoms with van der Waals surface area (Å²) in [6, 6.07) is 2.18. The van der Waals surface area contributed by atoms with Crippen LogP contribution in [0, 0.1) is 15.9 Å². The number of anilines is 3. The minimum Gasteiger partial charge on any atom is -0.494 e. The van der Waals surface area contributed by atoms with Crippen molar-refractivity contribution in [1.29, 1.82) is 0 Å². The van der Waals surface area contributed by atoms with Crippen LogP contribution in [0.15, 0.2) is 18.3 Å². The molecule has 9 nitrogen and oxygen atoms in total. The molecule has 0 aliphatic carbocycles. The van der Waals surface area contributed by atoms with Crippen LogP contribution in [-0.4, -0.2) is 47.3 Å². The fraction of sp³-hybridized carbons (Fsp3) is 0.375. The van der Waals surface area contributed by atoms with Crippen LogP contribution in [0.25, 0.3) is 0 Å². The highest BCUT2D eigenvalue weighted by molar-refractivity contribution is 6.32. The molecular weight excluding hydrogens is 381 g/mol. The Hall–Kier alpha value is -2.72. The number of aromatic nitrogens is 2. The summed E-state index contributed by atoms with van der Waals surface area (Å²) in [5, 5.41) is 14.2. The van der Waals surface area contributed by atoms with Crippen LogP contribution in [0.3, 0.4) is 0 Å². The van der Waals surface area contributed by atoms with E-state index >= 15 is 0 Å². The molecule has 2 fully saturated rings. The molecule has 142 valence electrons. The minimum absolute atomic E-state index is 0.0897. The number of morpholine rings is 1. The largest absolute Gasteiger partial charge is 0.494 e. The predicted octanol–water partition coefficient (Wildman–Crippen LogP) is 2.91. The highest BCUT2D eigenvalue weighted by atomic mass is 35.5. The van der Waals surface area contributed by atoms with Crippen LogP contribution < -0.4 is 15.0 Å². The molecule has 4 rings (SSSR count). The van der Waals surface area contributed by atoms with Gasteiger partial charge in [0.05, 0.1) is 42.7 Å². The second-order valence-electron chi connectivity index (χ2n) is 6.25. The van der Waals surface area contributed by atoms with Crippen molar-refractivity contribution < 1.29 is 18.8 Å². The highest BCUT2D eigenvalue weighted by Gasteiger charge is 2.40. The molecule has 2 atom stereocenters. The molecular formula is C16H15ClFN5O4. The summed E-state index contributed by atoms with van der Waals surface area (Å²) in [5.74, 6) is -0.183. The van der Waals surface area contributed by atoms with E-state index in [0.29, 0.717) is 24.0 Å². The zero-order valence-corrected chi connectivity index (χ0v) is 14.9. The third-order valence-electron chi connectivity index (χ3n) is 4.61. The van der Waals surface area contributed by atoms with Crippen molar-refractivity contribution in [1.82, 2.24) is 9.97 Å². The van der Waals surface area contributed by atoms with Gasteiger partial charge in [0.15, 0.2) is 5.82 Å². The van der Waals surface area contributed by atoms with Crippen molar-refractivity contribution >= 4 is 34.7 Å². The van der Waals surface area contributed by atoms with Gasteiger partial charge in [-0.25, -0.2) is 4.98 Å². The number of hydrogen-bond acceptors (Lipinski definition) is 8. The van der Waals surface area contributed by atoms with E-state index in [1.807, 2.05) is 0 Å². The molecule has 2 aromatic rings. The lowest BCUT2D eigenvalue weighted by Gasteiger charge is -2.28. The zero-order valence-electron chi connectivity index (χ0n) is 14.2. The highest BCUT2D eigenvalue weighted by Crippen LogP contribution is 2.37. The molecule has 2 aliphatic rings. The first-order valence-corrected chi connectivity index (χ1v) is 8.53. The lowest BCUT2D eigenvalue weighted by molar-refractivity contribution is -0.387. The fourth-order valence-corrected chi connectivity index (χ4v) is 3.55. The van der Waals surface area contributed by atoms with Crippen LogP contribution in [0.5, 0.6) is 5.75 Å². The quantitative estimate of drug-likeness (QED) is 0.609. The minimum atomic E-state index is -0.992. The summed E-state index contributed by atoms with van der Waals surface area (Å²) in [6.45, 7) is 1.30. The molecule has 27 heavy (non-hydrogen) atoms. The standard InChI is InChI=1S/C16H15ClFN5O4/c1-26-14-3-11(18)13(23(24)25)4-12(14)20-16-19-5-10(17)15(21-16)22-6-9-2-8(22)7-27-9/h3-5,8-9H,2,6-7H2,1H3,(H,19,20,21)/t8-,9-/m0/s1. The maximum absolute atomic E-state index is 13.8. The predicted molar refractivity (Wildman–Crippen MR) is 95.4 cm³/mol. The van der Waals surface area contributed by atoms with Gasteiger partial charge in [-0.3, -0.25) is 10.1 Å². The second kappa shape index (κ2) is 6.78. The van der Waals surface area contributed by atoms with Crippen molar-refractivity contribution in [3.05, 3.63) is 39.3 Å². The second-order valence-corrected chi connectivity index (χ2v) is 6.66. The average Bonchev–Trinajstić information content (AvgIpc) is 3.27. The van der Waals surface area contributed by atoms with E-state index in [1.165, 1.54) is 13.3 Å². The first kappa shape index (κ1) is 17.7. The van der Waals surface area contributed by atoms with Crippen molar-refractivity contribution in [2.24, 2.45) is 0 Å². The van der Waals surface area contributed by atoms with Crippen molar-refractivity contribution in [2.45, 2.75) is 18.6 Å². The monoisotopic (exact) mass is 395 g/mol. The third kappa shape index (κ3) is 3.21. The maximum atomic E-state index is 13.8. The summed E-state index contributed by atoms with van der Waals surface area (Å²) in [4.78, 5) is 20.8. The number of nitro groups is 1. The van der Waals surface area contributed by atoms with Crippen LogP contribution >= 0.6 is 11.6 Å². The Labute approximate surface area is 158 Å². The van der Waals surface area contributed by atoms with E-state index in [-0.39, 0.29) is 29.5 Å². The summed E-state index contributed by atoms with van der Waals surface area (Å²) in [5.41, 5.74) is -0.508. The molecule has 0 spiro atoms. The molecule has 3 heterocycles. The first-order chi connectivity index (χ1) is 13.0. The van der Waals surface area contributed by atoms with Crippen LogP contribution in [0.4, 0.5) is 27.5 Å². The Morgan fingerprint density at radius 3 is 2.96 bits per heavy atom. The molecule has 0 unspecified atom stereocenters. The lowest BCUT2D eigenvalue weighted by Crippen LogP contribution is -2.37. The van der Waals surface area contributed by atoms with Gasteiger partial charge in [0, 0.05) is 18.7 Å². The SMILES string of the molecule is COc1cc(F)c([N+](=O)[O-])cc1Nc1ncc(Cl)c(N2C[C@@H]3C[C@H]2CO3)n1. The Morgan fingerprint density at radius 2 is 2.33 bits per heavy atom. The number of rotatable bonds is 5. The Balaban J connectivity index is 1.66. The Kier molecular flexibility index (Phi) is 4.44. The number of hydrogen-bond donors (Lipinski definition) is 1. The van der Waals surface area contributed by atoms with Crippen LogP contribution in [0.1, 0.15) is 6.42 Å². The van der Waals surface area contributed by atoms with Gasteiger partial charge in [0.1, 0.15) is 10.8 Å². The van der Waals surface area contributed by atoms with E-state index in [0.717, 1.165) is 18.6 Å². The molecule has 2 saturated heterocycles. The number of nitrogens with one attached hydrogen (secondary N) is 1. The van der Waals surface area contributed by atoms with E-state index in [4.69, 9.17) is 21.1 Å². The molecule has 1 aromatic carbocycles. The molecule has 2 bridgehead atoms. The van der Waals surface area contributed by atoms with Gasteiger partial charge in [-0.05, 0) is 6.42 Å². The normalized spacial score (nSPS) is 20.8. The molecule has 2 aliphatic heterocycles. The third-order valence-corrected chi connectivity index (χ3v) is 4.88. The molecule has 0 radical (unpaired) electrons. The number of methoxy groups -OCH3 is 1. The first-order valence-electron chi connectivity index (χ1n) is 8.16. The van der Waals surface area contributed by atoms with E-state index in [9.17, 15) is 14.5 Å². The van der Waals surface area contributed by atoms with Crippen LogP contribution in [0.2, 0.25) is 5.02 Å². The topological polar surface area (TPSA) is 103 Å². The smallest absolute Gasteiger partial charge is 0.307 e. The molecule has 0 amide bonds. The Bertz CT molecular complexity index is 915. The number of nitrogens with zero attached hydrogens (tertiary/aromatic N) is 4. The molecule has 1 aromatic heterocycles. The van der Waals surface area contributed by atoms with Gasteiger partial charge in [0.2, 0.25) is 11.8 Å². The lowest BCUT2D eigenvalue weighted by atomic mass is 10.2. The van der Waals surface area contributed by atoms with Gasteiger partial charge in [-0.1, -0.05) is 11.6 Å². The van der Waals surface area contributed by atoms with Crippen molar-refractivity contribution in [3.8, 4) is 5.75 Å². The van der Waals surface area contributed by atoms with Gasteiger partial charge in [-0.2, -0.15) is 9.37 Å². The van der Waals surface area contributed by atoms with Crippen molar-refractivity contribution in [3.63, 3.8) is 0 Å². The number of benzene rings is 1. The van der Waals surface area contributed by atoms with Crippen molar-refractivity contribution in [2.75, 3.05) is 30.5 Å². The fourth-order valence-electron chi connectivity index (χ4n) is 3.35. The number of ether oxygens (including phenoxy) is 2. The summed E-state index contributed by atoms with van der Waals surface area (Å²) in [7, 11) is 1.33. The summed E-state index contributed by atoms with van der Waals surface area (Å²) in [6.07, 6.45) is 2.53. The van der Waals surface area contributed by atoms with Gasteiger partial charge in [-0.15, -0.1) is 0 Å². The van der Waals surface area contributed by atoms with Gasteiger partial charge >= 0.3 is 5.69 Å². The zero-order chi connectivity index (χ0) is 19.1. The molecule has 0 saturated carbocycles. The Morgan fingerprint density at radius 1 is 1.52 bits per heavy atom. The van der Waals surface area contributed by atoms with Gasteiger partial charge in [0.25, 0.3) is 0 Å².